The number of fused-ring (bicyclic) bond motifs is 2. The van der Waals surface area contributed by atoms with E-state index in [1.807, 2.05) is 13.1 Å². The molecule has 8 nitrogen and oxygen atoms in total. The van der Waals surface area contributed by atoms with Crippen LogP contribution < -0.4 is 0 Å². The van der Waals surface area contributed by atoms with E-state index in [0.29, 0.717) is 31.7 Å². The van der Waals surface area contributed by atoms with E-state index in [4.69, 9.17) is 9.15 Å². The predicted molar refractivity (Wildman–Crippen MR) is 91.6 cm³/mol. The van der Waals surface area contributed by atoms with Gasteiger partial charge in [0, 0.05) is 32.8 Å². The Labute approximate surface area is 149 Å². The summed E-state index contributed by atoms with van der Waals surface area (Å²) < 4.78 is 13.1. The van der Waals surface area contributed by atoms with Crippen LogP contribution in [0.25, 0.3) is 11.0 Å². The highest BCUT2D eigenvalue weighted by Crippen LogP contribution is 2.29. The van der Waals surface area contributed by atoms with Crippen LogP contribution in [0.1, 0.15) is 40.0 Å². The lowest BCUT2D eigenvalue weighted by Crippen LogP contribution is -2.35. The Morgan fingerprint density at radius 3 is 3.12 bits per heavy atom. The van der Waals surface area contributed by atoms with Gasteiger partial charge in [-0.05, 0) is 12.5 Å². The van der Waals surface area contributed by atoms with Crippen LogP contribution in [0.5, 0.6) is 0 Å². The molecule has 8 heteroatoms. The zero-order valence-electron chi connectivity index (χ0n) is 14.5. The minimum absolute atomic E-state index is 0.0417. The molecule has 3 aromatic rings. The number of ether oxygens (including phenoxy) is 1. The van der Waals surface area contributed by atoms with E-state index in [-0.39, 0.29) is 11.8 Å². The third kappa shape index (κ3) is 2.48. The van der Waals surface area contributed by atoms with Crippen molar-refractivity contribution >= 4 is 16.9 Å². The summed E-state index contributed by atoms with van der Waals surface area (Å²) in [5, 5.41) is 4.18. The highest BCUT2D eigenvalue weighted by atomic mass is 16.5. The number of hydrogen-bond donors (Lipinski definition) is 0. The molecular weight excluding hydrogens is 334 g/mol. The molecule has 1 saturated heterocycles. The maximum absolute atomic E-state index is 12.9. The standard InChI is InChI=1S/C18H19N5O3/c1-22-15-6-12(7-19-13(15)8-20-22)18(24)23-4-2-16-14(9-23)21-17(26-16)11-3-5-25-10-11/h6-8,11H,2-5,9-10H2,1H3. The van der Waals surface area contributed by atoms with Crippen molar-refractivity contribution in [2.24, 2.45) is 7.05 Å². The summed E-state index contributed by atoms with van der Waals surface area (Å²) in [6.07, 6.45) is 4.94. The minimum Gasteiger partial charge on any atom is -0.445 e. The normalized spacial score (nSPS) is 19.9. The first-order valence-electron chi connectivity index (χ1n) is 8.82. The second kappa shape index (κ2) is 5.91. The van der Waals surface area contributed by atoms with E-state index in [9.17, 15) is 4.79 Å². The second-order valence-corrected chi connectivity index (χ2v) is 6.86. The van der Waals surface area contributed by atoms with Crippen LogP contribution in [0.15, 0.2) is 22.9 Å². The maximum Gasteiger partial charge on any atom is 0.255 e. The van der Waals surface area contributed by atoms with Crippen molar-refractivity contribution in [1.29, 1.82) is 0 Å². The Kier molecular flexibility index (Phi) is 3.53. The van der Waals surface area contributed by atoms with Gasteiger partial charge >= 0.3 is 0 Å². The van der Waals surface area contributed by atoms with E-state index in [0.717, 1.165) is 41.4 Å². The summed E-state index contributed by atoms with van der Waals surface area (Å²) >= 11 is 0. The van der Waals surface area contributed by atoms with E-state index in [2.05, 4.69) is 15.1 Å². The molecule has 1 amide bonds. The van der Waals surface area contributed by atoms with Gasteiger partial charge in [0.15, 0.2) is 5.89 Å². The van der Waals surface area contributed by atoms with Crippen molar-refractivity contribution in [3.8, 4) is 0 Å². The molecule has 5 rings (SSSR count). The zero-order valence-corrected chi connectivity index (χ0v) is 14.5. The van der Waals surface area contributed by atoms with Gasteiger partial charge in [-0.2, -0.15) is 5.10 Å². The van der Waals surface area contributed by atoms with Crippen molar-refractivity contribution in [3.63, 3.8) is 0 Å². The Balaban J connectivity index is 1.39. The summed E-state index contributed by atoms with van der Waals surface area (Å²) in [4.78, 5) is 23.7. The summed E-state index contributed by atoms with van der Waals surface area (Å²) in [6.45, 7) is 2.50. The van der Waals surface area contributed by atoms with Gasteiger partial charge in [0.05, 0.1) is 36.3 Å². The fourth-order valence-electron chi connectivity index (χ4n) is 3.62. The first-order chi connectivity index (χ1) is 12.7. The molecule has 0 spiro atoms. The number of rotatable bonds is 2. The van der Waals surface area contributed by atoms with Crippen LogP contribution in [0.2, 0.25) is 0 Å². The number of amides is 1. The quantitative estimate of drug-likeness (QED) is 0.696. The zero-order chi connectivity index (χ0) is 17.7. The third-order valence-electron chi connectivity index (χ3n) is 5.16. The van der Waals surface area contributed by atoms with Crippen LogP contribution in [-0.2, 0) is 24.8 Å². The van der Waals surface area contributed by atoms with Crippen LogP contribution >= 0.6 is 0 Å². The van der Waals surface area contributed by atoms with Gasteiger partial charge in [-0.3, -0.25) is 14.5 Å². The Morgan fingerprint density at radius 1 is 1.35 bits per heavy atom. The van der Waals surface area contributed by atoms with Gasteiger partial charge in [0.25, 0.3) is 5.91 Å². The van der Waals surface area contributed by atoms with Gasteiger partial charge in [0.2, 0.25) is 0 Å². The largest absolute Gasteiger partial charge is 0.445 e. The molecule has 134 valence electrons. The third-order valence-corrected chi connectivity index (χ3v) is 5.16. The van der Waals surface area contributed by atoms with E-state index >= 15 is 0 Å². The number of aromatic nitrogens is 4. The molecule has 0 N–H and O–H groups in total. The first kappa shape index (κ1) is 15.5. The fraction of sp³-hybridized carbons (Fsp3) is 0.444. The number of aryl methyl sites for hydroxylation is 1. The number of pyridine rings is 1. The SMILES string of the molecule is Cn1ncc2ncc(C(=O)N3CCc4oc(C5CCOC5)nc4C3)cc21. The van der Waals surface area contributed by atoms with Crippen molar-refractivity contribution in [3.05, 3.63) is 41.4 Å². The van der Waals surface area contributed by atoms with E-state index in [1.165, 1.54) is 0 Å². The minimum atomic E-state index is -0.0417. The molecule has 5 heterocycles. The summed E-state index contributed by atoms with van der Waals surface area (Å²) in [5.74, 6) is 1.84. The molecule has 26 heavy (non-hydrogen) atoms. The Hall–Kier alpha value is -2.74. The summed E-state index contributed by atoms with van der Waals surface area (Å²) in [7, 11) is 1.84. The topological polar surface area (TPSA) is 86.3 Å². The number of nitrogens with zero attached hydrogens (tertiary/aromatic N) is 5. The van der Waals surface area contributed by atoms with Crippen molar-refractivity contribution < 1.29 is 13.9 Å². The molecule has 0 radical (unpaired) electrons. The molecule has 1 unspecified atom stereocenters. The summed E-state index contributed by atoms with van der Waals surface area (Å²) in [5.41, 5.74) is 3.06. The fourth-order valence-corrected chi connectivity index (χ4v) is 3.62. The van der Waals surface area contributed by atoms with Crippen LogP contribution in [0.3, 0.4) is 0 Å². The lowest BCUT2D eigenvalue weighted by atomic mass is 10.1. The first-order valence-corrected chi connectivity index (χ1v) is 8.82. The van der Waals surface area contributed by atoms with Crippen LogP contribution in [0.4, 0.5) is 0 Å². The molecule has 1 atom stereocenters. The molecule has 2 aliphatic heterocycles. The molecule has 0 aliphatic carbocycles. The van der Waals surface area contributed by atoms with Crippen LogP contribution in [0, 0.1) is 0 Å². The molecule has 1 fully saturated rings. The van der Waals surface area contributed by atoms with Crippen LogP contribution in [-0.4, -0.2) is 50.3 Å². The number of oxazole rings is 1. The molecule has 0 aromatic carbocycles. The second-order valence-electron chi connectivity index (χ2n) is 6.86. The smallest absolute Gasteiger partial charge is 0.255 e. The predicted octanol–water partition coefficient (Wildman–Crippen LogP) is 1.66. The van der Waals surface area contributed by atoms with Crippen molar-refractivity contribution in [2.75, 3.05) is 19.8 Å². The highest BCUT2D eigenvalue weighted by molar-refractivity contribution is 5.96. The Bertz CT molecular complexity index is 986. The molecule has 3 aromatic heterocycles. The van der Waals surface area contributed by atoms with Crippen molar-refractivity contribution in [1.82, 2.24) is 24.6 Å². The Morgan fingerprint density at radius 2 is 2.27 bits per heavy atom. The maximum atomic E-state index is 12.9. The summed E-state index contributed by atoms with van der Waals surface area (Å²) in [6, 6.07) is 1.84. The molecule has 0 bridgehead atoms. The number of carbonyl (C=O) groups is 1. The van der Waals surface area contributed by atoms with Gasteiger partial charge in [-0.1, -0.05) is 0 Å². The van der Waals surface area contributed by atoms with Gasteiger partial charge in [-0.25, -0.2) is 4.98 Å². The van der Waals surface area contributed by atoms with E-state index < -0.39 is 0 Å². The number of hydrogen-bond acceptors (Lipinski definition) is 6. The number of carbonyl (C=O) groups excluding carboxylic acids is 1. The van der Waals surface area contributed by atoms with E-state index in [1.54, 1.807) is 22.0 Å². The van der Waals surface area contributed by atoms with Crippen molar-refractivity contribution in [2.45, 2.75) is 25.3 Å². The van der Waals surface area contributed by atoms with Gasteiger partial charge in [0.1, 0.15) is 17.0 Å². The average Bonchev–Trinajstić information content (AvgIpc) is 3.40. The lowest BCUT2D eigenvalue weighted by molar-refractivity contribution is 0.0727. The van der Waals surface area contributed by atoms with Gasteiger partial charge in [-0.15, -0.1) is 0 Å². The monoisotopic (exact) mass is 353 g/mol. The molecular formula is C18H19N5O3. The van der Waals surface area contributed by atoms with Gasteiger partial charge < -0.3 is 14.1 Å². The average molecular weight is 353 g/mol. The molecule has 2 aliphatic rings. The molecule has 0 saturated carbocycles. The lowest BCUT2D eigenvalue weighted by Gasteiger charge is -2.25. The highest BCUT2D eigenvalue weighted by Gasteiger charge is 2.30.